The Bertz CT molecular complexity index is 648. The number of aromatic nitrogens is 3. The number of para-hydroxylation sites is 1. The molecule has 17 heavy (non-hydrogen) atoms. The number of benzene rings is 1. The molecule has 84 valence electrons. The second-order valence-electron chi connectivity index (χ2n) is 3.57. The maximum atomic E-state index is 6.06. The van der Waals surface area contributed by atoms with Crippen molar-refractivity contribution < 1.29 is 0 Å². The molecule has 0 amide bonds. The van der Waals surface area contributed by atoms with Gasteiger partial charge in [-0.1, -0.05) is 29.8 Å². The Hall–Kier alpha value is -2.07. The summed E-state index contributed by atoms with van der Waals surface area (Å²) < 4.78 is 0. The number of hydrogen-bond donors (Lipinski definition) is 2. The largest absolute Gasteiger partial charge is 0.346 e. The van der Waals surface area contributed by atoms with Crippen LogP contribution in [0.5, 0.6) is 0 Å². The summed E-state index contributed by atoms with van der Waals surface area (Å²) in [6.07, 6.45) is 1.79. The lowest BCUT2D eigenvalue weighted by Crippen LogP contribution is -1.97. The highest BCUT2D eigenvalue weighted by molar-refractivity contribution is 6.34. The van der Waals surface area contributed by atoms with E-state index in [2.05, 4.69) is 20.3 Å². The topological polar surface area (TPSA) is 53.6 Å². The van der Waals surface area contributed by atoms with Crippen LogP contribution in [0.25, 0.3) is 11.0 Å². The van der Waals surface area contributed by atoms with Gasteiger partial charge in [0.1, 0.15) is 10.8 Å². The molecule has 0 fully saturated rings. The van der Waals surface area contributed by atoms with Gasteiger partial charge in [-0.25, -0.2) is 4.98 Å². The molecule has 0 atom stereocenters. The molecule has 0 unspecified atom stereocenters. The van der Waals surface area contributed by atoms with Crippen LogP contribution >= 0.6 is 11.6 Å². The highest BCUT2D eigenvalue weighted by Crippen LogP contribution is 2.22. The molecule has 2 aromatic heterocycles. The number of nitrogens with one attached hydrogen (secondary N) is 2. The smallest absolute Gasteiger partial charge is 0.230 e. The van der Waals surface area contributed by atoms with E-state index < -0.39 is 0 Å². The van der Waals surface area contributed by atoms with Crippen LogP contribution in [-0.4, -0.2) is 15.0 Å². The summed E-state index contributed by atoms with van der Waals surface area (Å²) in [5, 5.41) is 4.36. The van der Waals surface area contributed by atoms with Gasteiger partial charge in [0.15, 0.2) is 0 Å². The molecule has 2 heterocycles. The molecule has 0 aliphatic heterocycles. The number of H-pyrrole nitrogens is 1. The fourth-order valence-electron chi connectivity index (χ4n) is 1.61. The van der Waals surface area contributed by atoms with Crippen molar-refractivity contribution in [3.05, 3.63) is 47.7 Å². The van der Waals surface area contributed by atoms with Crippen molar-refractivity contribution in [3.63, 3.8) is 0 Å². The molecule has 0 aliphatic carbocycles. The van der Waals surface area contributed by atoms with Crippen molar-refractivity contribution in [2.75, 3.05) is 5.32 Å². The molecule has 5 heteroatoms. The lowest BCUT2D eigenvalue weighted by Gasteiger charge is -2.04. The normalized spacial score (nSPS) is 10.6. The summed E-state index contributed by atoms with van der Waals surface area (Å²) in [6, 6.07) is 11.6. The Labute approximate surface area is 103 Å². The third kappa shape index (κ3) is 1.94. The van der Waals surface area contributed by atoms with Gasteiger partial charge < -0.3 is 10.3 Å². The van der Waals surface area contributed by atoms with E-state index >= 15 is 0 Å². The average molecular weight is 245 g/mol. The summed E-state index contributed by atoms with van der Waals surface area (Å²) in [5.41, 5.74) is 1.65. The van der Waals surface area contributed by atoms with Crippen LogP contribution in [0.3, 0.4) is 0 Å². The zero-order valence-electron chi connectivity index (χ0n) is 8.81. The molecule has 3 aromatic rings. The first-order valence-electron chi connectivity index (χ1n) is 5.15. The average Bonchev–Trinajstić information content (AvgIpc) is 2.79. The number of halogens is 1. The molecule has 2 N–H and O–H groups in total. The van der Waals surface area contributed by atoms with Gasteiger partial charge in [-0.05, 0) is 18.2 Å². The van der Waals surface area contributed by atoms with Crippen LogP contribution in [0, 0.1) is 0 Å². The Balaban J connectivity index is 2.01. The molecule has 3 rings (SSSR count). The molecule has 0 saturated heterocycles. The number of aromatic amines is 1. The second-order valence-corrected chi connectivity index (χ2v) is 3.93. The molecular weight excluding hydrogens is 236 g/mol. The quantitative estimate of drug-likeness (QED) is 0.680. The first-order valence-corrected chi connectivity index (χ1v) is 5.53. The maximum Gasteiger partial charge on any atom is 0.230 e. The van der Waals surface area contributed by atoms with Gasteiger partial charge in [0, 0.05) is 11.9 Å². The lowest BCUT2D eigenvalue weighted by molar-refractivity contribution is 1.19. The van der Waals surface area contributed by atoms with E-state index in [9.17, 15) is 0 Å². The molecule has 0 spiro atoms. The third-order valence-corrected chi connectivity index (χ3v) is 2.69. The number of fused-ring (bicyclic) bond motifs is 1. The minimum Gasteiger partial charge on any atom is -0.346 e. The van der Waals surface area contributed by atoms with Crippen LogP contribution < -0.4 is 5.32 Å². The van der Waals surface area contributed by atoms with E-state index in [1.165, 1.54) is 0 Å². The summed E-state index contributed by atoms with van der Waals surface area (Å²) in [6.45, 7) is 0. The zero-order chi connectivity index (χ0) is 11.7. The summed E-state index contributed by atoms with van der Waals surface area (Å²) in [5.74, 6) is 0.483. The molecule has 0 saturated carbocycles. The molecule has 0 aliphatic rings. The highest BCUT2D eigenvalue weighted by Gasteiger charge is 2.06. The van der Waals surface area contributed by atoms with E-state index in [1.54, 1.807) is 6.20 Å². The van der Waals surface area contributed by atoms with Crippen molar-refractivity contribution in [3.8, 4) is 0 Å². The summed E-state index contributed by atoms with van der Waals surface area (Å²) in [4.78, 5) is 11.5. The van der Waals surface area contributed by atoms with Crippen molar-refractivity contribution in [2.24, 2.45) is 0 Å². The van der Waals surface area contributed by atoms with Gasteiger partial charge in [-0.2, -0.15) is 4.98 Å². The first kappa shape index (κ1) is 10.1. The number of nitrogens with zero attached hydrogens (tertiary/aromatic N) is 2. The van der Waals surface area contributed by atoms with Gasteiger partial charge in [-0.3, -0.25) is 0 Å². The predicted octanol–water partition coefficient (Wildman–Crippen LogP) is 3.35. The van der Waals surface area contributed by atoms with Gasteiger partial charge in [0.25, 0.3) is 0 Å². The minimum atomic E-state index is 0.440. The highest BCUT2D eigenvalue weighted by atomic mass is 35.5. The number of rotatable bonds is 2. The fraction of sp³-hybridized carbons (Fsp3) is 0. The minimum absolute atomic E-state index is 0.440. The fourth-order valence-corrected chi connectivity index (χ4v) is 1.84. The van der Waals surface area contributed by atoms with Crippen LogP contribution in [0.2, 0.25) is 5.15 Å². The van der Waals surface area contributed by atoms with Gasteiger partial charge in [-0.15, -0.1) is 0 Å². The first-order chi connectivity index (χ1) is 8.33. The van der Waals surface area contributed by atoms with Crippen LogP contribution in [0.15, 0.2) is 42.6 Å². The Morgan fingerprint density at radius 2 is 1.88 bits per heavy atom. The number of anilines is 2. The summed E-state index contributed by atoms with van der Waals surface area (Å²) in [7, 11) is 0. The molecule has 1 aromatic carbocycles. The van der Waals surface area contributed by atoms with Gasteiger partial charge in [0.05, 0.1) is 5.39 Å². The number of hydrogen-bond acceptors (Lipinski definition) is 3. The van der Waals surface area contributed by atoms with Crippen LogP contribution in [0.1, 0.15) is 0 Å². The van der Waals surface area contributed by atoms with E-state index in [-0.39, 0.29) is 0 Å². The maximum absolute atomic E-state index is 6.06. The van der Waals surface area contributed by atoms with Gasteiger partial charge >= 0.3 is 0 Å². The van der Waals surface area contributed by atoms with Gasteiger partial charge in [0.2, 0.25) is 5.95 Å². The molecule has 0 bridgehead atoms. The van der Waals surface area contributed by atoms with E-state index in [4.69, 9.17) is 11.6 Å². The predicted molar refractivity (Wildman–Crippen MR) is 68.6 cm³/mol. The van der Waals surface area contributed by atoms with Crippen molar-refractivity contribution in [2.45, 2.75) is 0 Å². The van der Waals surface area contributed by atoms with E-state index in [0.717, 1.165) is 16.7 Å². The SMILES string of the molecule is Clc1nc(Nc2ccccc2)nc2[nH]ccc12. The van der Waals surface area contributed by atoms with Crippen LogP contribution in [0.4, 0.5) is 11.6 Å². The van der Waals surface area contributed by atoms with Crippen molar-refractivity contribution in [1.82, 2.24) is 15.0 Å². The van der Waals surface area contributed by atoms with Crippen molar-refractivity contribution in [1.29, 1.82) is 0 Å². The lowest BCUT2D eigenvalue weighted by atomic mass is 10.3. The summed E-state index contributed by atoms with van der Waals surface area (Å²) >= 11 is 6.06. The molecular formula is C12H9ClN4. The Morgan fingerprint density at radius 3 is 2.71 bits per heavy atom. The Kier molecular flexibility index (Phi) is 2.42. The Morgan fingerprint density at radius 1 is 1.06 bits per heavy atom. The third-order valence-electron chi connectivity index (χ3n) is 2.40. The monoisotopic (exact) mass is 244 g/mol. The van der Waals surface area contributed by atoms with Crippen molar-refractivity contribution >= 4 is 34.3 Å². The zero-order valence-corrected chi connectivity index (χ0v) is 9.57. The standard InChI is InChI=1S/C12H9ClN4/c13-10-9-6-7-14-11(9)17-12(16-10)15-8-4-2-1-3-5-8/h1-7H,(H2,14,15,16,17). The van der Waals surface area contributed by atoms with E-state index in [0.29, 0.717) is 11.1 Å². The molecule has 4 nitrogen and oxygen atoms in total. The molecule has 0 radical (unpaired) electrons. The van der Waals surface area contributed by atoms with E-state index in [1.807, 2.05) is 36.4 Å². The van der Waals surface area contributed by atoms with Crippen LogP contribution in [-0.2, 0) is 0 Å². The second kappa shape index (κ2) is 4.07.